The van der Waals surface area contributed by atoms with Crippen LogP contribution in [0.15, 0.2) is 24.3 Å². The molecule has 0 saturated heterocycles. The van der Waals surface area contributed by atoms with Gasteiger partial charge in [-0.25, -0.2) is 9.59 Å². The van der Waals surface area contributed by atoms with Crippen molar-refractivity contribution >= 4 is 25.0 Å². The number of carbonyl (C=O) groups excluding carboxylic acids is 2. The van der Waals surface area contributed by atoms with Crippen molar-refractivity contribution < 1.29 is 19.1 Å². The van der Waals surface area contributed by atoms with Gasteiger partial charge in [0.05, 0.1) is 6.61 Å². The van der Waals surface area contributed by atoms with E-state index in [9.17, 15) is 9.59 Å². The quantitative estimate of drug-likeness (QED) is 0.857. The standard InChI is InChI=1S/C12H15NO4S/c1-3-16-11(14)13(18)12(15)17-8-10-6-4-9(2)5-7-10/h4-7,18H,3,8H2,1-2H3. The molecular formula is C12H15NO4S. The van der Waals surface area contributed by atoms with Crippen molar-refractivity contribution in [2.24, 2.45) is 0 Å². The number of hydrogen-bond donors (Lipinski definition) is 1. The smallest absolute Gasteiger partial charge is 0.429 e. The minimum atomic E-state index is -0.864. The first-order chi connectivity index (χ1) is 8.54. The van der Waals surface area contributed by atoms with Gasteiger partial charge in [-0.3, -0.25) is 0 Å². The molecule has 0 saturated carbocycles. The summed E-state index contributed by atoms with van der Waals surface area (Å²) in [7, 11) is 0. The van der Waals surface area contributed by atoms with Crippen molar-refractivity contribution in [3.8, 4) is 0 Å². The molecule has 1 aromatic carbocycles. The Morgan fingerprint density at radius 3 is 2.28 bits per heavy atom. The minimum absolute atomic E-state index is 0.0789. The molecule has 0 atom stereocenters. The molecule has 0 spiro atoms. The highest BCUT2D eigenvalue weighted by Crippen LogP contribution is 2.07. The molecule has 98 valence electrons. The van der Waals surface area contributed by atoms with Gasteiger partial charge in [0, 0.05) is 0 Å². The highest BCUT2D eigenvalue weighted by molar-refractivity contribution is 7.79. The first-order valence-corrected chi connectivity index (χ1v) is 5.82. The van der Waals surface area contributed by atoms with Crippen LogP contribution in [-0.2, 0) is 16.1 Å². The summed E-state index contributed by atoms with van der Waals surface area (Å²) < 4.78 is 10.0. The second-order valence-corrected chi connectivity index (χ2v) is 3.95. The van der Waals surface area contributed by atoms with E-state index in [0.717, 1.165) is 11.1 Å². The number of imide groups is 1. The maximum Gasteiger partial charge on any atom is 0.429 e. The number of hydrogen-bond acceptors (Lipinski definition) is 5. The lowest BCUT2D eigenvalue weighted by molar-refractivity contribution is 0.101. The van der Waals surface area contributed by atoms with E-state index in [1.165, 1.54) is 0 Å². The van der Waals surface area contributed by atoms with Crippen molar-refractivity contribution in [2.75, 3.05) is 6.61 Å². The fourth-order valence-electron chi connectivity index (χ4n) is 1.15. The average Bonchev–Trinajstić information content (AvgIpc) is 2.37. The van der Waals surface area contributed by atoms with Crippen molar-refractivity contribution in [3.05, 3.63) is 35.4 Å². The summed E-state index contributed by atoms with van der Waals surface area (Å²) in [6, 6.07) is 7.51. The molecule has 0 unspecified atom stereocenters. The third-order valence-corrected chi connectivity index (χ3v) is 2.42. The number of amides is 2. The fraction of sp³-hybridized carbons (Fsp3) is 0.333. The van der Waals surface area contributed by atoms with Gasteiger partial charge in [-0.1, -0.05) is 29.8 Å². The molecule has 18 heavy (non-hydrogen) atoms. The van der Waals surface area contributed by atoms with Gasteiger partial charge < -0.3 is 9.47 Å². The number of aryl methyl sites for hydroxylation is 1. The van der Waals surface area contributed by atoms with Crippen LogP contribution in [-0.4, -0.2) is 23.1 Å². The molecule has 2 amide bonds. The Hall–Kier alpha value is -1.69. The Kier molecular flexibility index (Phi) is 5.51. The summed E-state index contributed by atoms with van der Waals surface area (Å²) in [6.45, 7) is 3.85. The van der Waals surface area contributed by atoms with Crippen LogP contribution in [0.25, 0.3) is 0 Å². The molecule has 0 heterocycles. The van der Waals surface area contributed by atoms with Crippen molar-refractivity contribution in [1.29, 1.82) is 0 Å². The lowest BCUT2D eigenvalue weighted by atomic mass is 10.2. The molecule has 1 rings (SSSR count). The monoisotopic (exact) mass is 269 g/mol. The molecule has 6 heteroatoms. The maximum absolute atomic E-state index is 11.4. The second-order valence-electron chi connectivity index (χ2n) is 3.55. The van der Waals surface area contributed by atoms with E-state index >= 15 is 0 Å². The molecular weight excluding hydrogens is 254 g/mol. The Morgan fingerprint density at radius 1 is 1.17 bits per heavy atom. The zero-order chi connectivity index (χ0) is 13.5. The maximum atomic E-state index is 11.4. The third kappa shape index (κ3) is 4.29. The fourth-order valence-corrected chi connectivity index (χ4v) is 1.27. The topological polar surface area (TPSA) is 55.8 Å². The molecule has 5 nitrogen and oxygen atoms in total. The van der Waals surface area contributed by atoms with Gasteiger partial charge in [-0.05, 0) is 32.2 Å². The van der Waals surface area contributed by atoms with E-state index in [-0.39, 0.29) is 13.2 Å². The van der Waals surface area contributed by atoms with Crippen LogP contribution >= 0.6 is 12.8 Å². The van der Waals surface area contributed by atoms with Gasteiger partial charge >= 0.3 is 12.2 Å². The van der Waals surface area contributed by atoms with E-state index in [1.54, 1.807) is 6.92 Å². The Balaban J connectivity index is 2.45. The molecule has 0 aliphatic rings. The summed E-state index contributed by atoms with van der Waals surface area (Å²) in [5, 5.41) is 0. The van der Waals surface area contributed by atoms with Crippen LogP contribution < -0.4 is 0 Å². The number of ether oxygens (including phenoxy) is 2. The van der Waals surface area contributed by atoms with Crippen LogP contribution in [0.1, 0.15) is 18.1 Å². The van der Waals surface area contributed by atoms with E-state index < -0.39 is 12.2 Å². The Morgan fingerprint density at radius 2 is 1.72 bits per heavy atom. The highest BCUT2D eigenvalue weighted by Gasteiger charge is 2.20. The minimum Gasteiger partial charge on any atom is -0.449 e. The van der Waals surface area contributed by atoms with Crippen molar-refractivity contribution in [2.45, 2.75) is 20.5 Å². The number of carbonyl (C=O) groups is 2. The number of nitrogens with zero attached hydrogens (tertiary/aromatic N) is 1. The van der Waals surface area contributed by atoms with E-state index in [0.29, 0.717) is 4.31 Å². The lowest BCUT2D eigenvalue weighted by Gasteiger charge is -2.13. The zero-order valence-electron chi connectivity index (χ0n) is 10.3. The van der Waals surface area contributed by atoms with Gasteiger partial charge in [-0.2, -0.15) is 4.31 Å². The summed E-state index contributed by atoms with van der Waals surface area (Å²) >= 11 is 3.70. The van der Waals surface area contributed by atoms with Crippen LogP contribution in [0, 0.1) is 6.92 Å². The number of thiol groups is 1. The molecule has 0 N–H and O–H groups in total. The molecule has 0 bridgehead atoms. The van der Waals surface area contributed by atoms with Crippen molar-refractivity contribution in [1.82, 2.24) is 4.31 Å². The molecule has 0 aliphatic carbocycles. The lowest BCUT2D eigenvalue weighted by Crippen LogP contribution is -2.29. The Labute approximate surface area is 111 Å². The highest BCUT2D eigenvalue weighted by atomic mass is 32.1. The zero-order valence-corrected chi connectivity index (χ0v) is 11.1. The van der Waals surface area contributed by atoms with Crippen LogP contribution in [0.5, 0.6) is 0 Å². The van der Waals surface area contributed by atoms with E-state index in [1.807, 2.05) is 31.2 Å². The first kappa shape index (κ1) is 14.4. The normalized spacial score (nSPS) is 9.72. The Bertz CT molecular complexity index is 419. The third-order valence-electron chi connectivity index (χ3n) is 2.10. The molecule has 1 aromatic rings. The largest absolute Gasteiger partial charge is 0.449 e. The van der Waals surface area contributed by atoms with Crippen molar-refractivity contribution in [3.63, 3.8) is 0 Å². The van der Waals surface area contributed by atoms with E-state index in [4.69, 9.17) is 4.74 Å². The SMILES string of the molecule is CCOC(=O)N(S)C(=O)OCc1ccc(C)cc1. The van der Waals surface area contributed by atoms with E-state index in [2.05, 4.69) is 17.6 Å². The summed E-state index contributed by atoms with van der Waals surface area (Å²) in [5.74, 6) is 0. The van der Waals surface area contributed by atoms with Gasteiger partial charge in [0.25, 0.3) is 0 Å². The first-order valence-electron chi connectivity index (χ1n) is 5.42. The molecule has 0 aromatic heterocycles. The summed E-state index contributed by atoms with van der Waals surface area (Å²) in [5.41, 5.74) is 1.95. The number of benzene rings is 1. The van der Waals surface area contributed by atoms with Crippen LogP contribution in [0.2, 0.25) is 0 Å². The van der Waals surface area contributed by atoms with Gasteiger partial charge in [0.15, 0.2) is 0 Å². The van der Waals surface area contributed by atoms with Crippen LogP contribution in [0.4, 0.5) is 9.59 Å². The van der Waals surface area contributed by atoms with Gasteiger partial charge in [-0.15, -0.1) is 0 Å². The van der Waals surface area contributed by atoms with Crippen LogP contribution in [0.3, 0.4) is 0 Å². The molecule has 0 fully saturated rings. The predicted octanol–water partition coefficient (Wildman–Crippen LogP) is 2.93. The average molecular weight is 269 g/mol. The predicted molar refractivity (Wildman–Crippen MR) is 69.2 cm³/mol. The van der Waals surface area contributed by atoms with Gasteiger partial charge in [0.1, 0.15) is 6.61 Å². The van der Waals surface area contributed by atoms with Gasteiger partial charge in [0.2, 0.25) is 0 Å². The second kappa shape index (κ2) is 6.90. The summed E-state index contributed by atoms with van der Waals surface area (Å²) in [4.78, 5) is 22.6. The summed E-state index contributed by atoms with van der Waals surface area (Å²) in [6.07, 6.45) is -1.72. The molecule has 0 radical (unpaired) electrons. The number of rotatable bonds is 3. The molecule has 0 aliphatic heterocycles.